The van der Waals surface area contributed by atoms with E-state index in [1.54, 1.807) is 42.5 Å². The number of nitrogens with zero attached hydrogens (tertiary/aromatic N) is 4. The zero-order valence-corrected chi connectivity index (χ0v) is 25.6. The number of nitrogens with one attached hydrogen (secondary N) is 2. The molecule has 0 spiro atoms. The molecule has 1 aliphatic rings. The molecule has 230 valence electrons. The van der Waals surface area contributed by atoms with Crippen LogP contribution in [-0.2, 0) is 26.8 Å². The van der Waals surface area contributed by atoms with Gasteiger partial charge in [-0.25, -0.2) is 8.42 Å². The summed E-state index contributed by atoms with van der Waals surface area (Å²) in [5, 5.41) is 16.2. The molecule has 0 aliphatic carbocycles. The summed E-state index contributed by atoms with van der Waals surface area (Å²) < 4.78 is 32.5. The summed E-state index contributed by atoms with van der Waals surface area (Å²) in [6.07, 6.45) is 0. The fraction of sp³-hybridized carbons (Fsp3) is 0.290. The fourth-order valence-corrected chi connectivity index (χ4v) is 6.15. The second-order valence-electron chi connectivity index (χ2n) is 11.3. The molecule has 5 rings (SSSR count). The van der Waals surface area contributed by atoms with E-state index in [-0.39, 0.29) is 33.9 Å². The van der Waals surface area contributed by atoms with Crippen molar-refractivity contribution in [1.29, 1.82) is 0 Å². The minimum atomic E-state index is -3.64. The summed E-state index contributed by atoms with van der Waals surface area (Å²) in [4.78, 5) is 26.1. The molecule has 5 N–H and O–H groups in total. The standard InChI is InChI=1S/C31H35N7O5S/c1-31(2,3)21-9-7-20(8-10-21)28(40)34-26-6-4-5-24(25(26)19-39)27-35-29(32)37-30(36-27)33-22-11-13-23(14-12-22)44(41,42)38-15-17-43-18-16-38/h4-14,39H,15-19H2,1-3H3,(H,34,40)(H3,32,33,35,36,37). The number of aromatic nitrogens is 3. The second kappa shape index (κ2) is 12.7. The Hall–Kier alpha value is -4.43. The van der Waals surface area contributed by atoms with Crippen molar-refractivity contribution in [3.05, 3.63) is 83.4 Å². The van der Waals surface area contributed by atoms with Crippen molar-refractivity contribution in [3.8, 4) is 11.4 Å². The quantitative estimate of drug-likeness (QED) is 0.227. The fourth-order valence-electron chi connectivity index (χ4n) is 4.74. The van der Waals surface area contributed by atoms with E-state index in [1.165, 1.54) is 16.4 Å². The van der Waals surface area contributed by atoms with Crippen molar-refractivity contribution < 1.29 is 23.1 Å². The van der Waals surface area contributed by atoms with Crippen LogP contribution in [0.5, 0.6) is 0 Å². The Morgan fingerprint density at radius 2 is 1.66 bits per heavy atom. The molecule has 0 atom stereocenters. The molecule has 2 heterocycles. The first-order valence-electron chi connectivity index (χ1n) is 14.1. The number of aliphatic hydroxyl groups is 1. The van der Waals surface area contributed by atoms with Crippen molar-refractivity contribution in [2.24, 2.45) is 0 Å². The lowest BCUT2D eigenvalue weighted by atomic mass is 9.86. The molecule has 44 heavy (non-hydrogen) atoms. The molecule has 1 amide bonds. The Morgan fingerprint density at radius 1 is 0.977 bits per heavy atom. The maximum absolute atomic E-state index is 13.1. The van der Waals surface area contributed by atoms with Gasteiger partial charge in [0.2, 0.25) is 21.9 Å². The van der Waals surface area contributed by atoms with Gasteiger partial charge in [-0.1, -0.05) is 45.0 Å². The molecule has 0 saturated carbocycles. The van der Waals surface area contributed by atoms with Crippen molar-refractivity contribution >= 4 is 39.2 Å². The number of morpholine rings is 1. The summed E-state index contributed by atoms with van der Waals surface area (Å²) in [5.41, 5.74) is 9.35. The highest BCUT2D eigenvalue weighted by molar-refractivity contribution is 7.89. The van der Waals surface area contributed by atoms with Crippen LogP contribution in [0.25, 0.3) is 11.4 Å². The number of carbonyl (C=O) groups excluding carboxylic acids is 1. The molecule has 0 radical (unpaired) electrons. The Labute approximate surface area is 256 Å². The van der Waals surface area contributed by atoms with Crippen LogP contribution in [0.4, 0.5) is 23.3 Å². The Bertz CT molecular complexity index is 1750. The Kier molecular flexibility index (Phi) is 8.92. The van der Waals surface area contributed by atoms with Gasteiger partial charge in [0, 0.05) is 41.2 Å². The molecule has 12 nitrogen and oxygen atoms in total. The largest absolute Gasteiger partial charge is 0.392 e. The normalized spacial score (nSPS) is 14.3. The van der Waals surface area contributed by atoms with Crippen LogP contribution < -0.4 is 16.4 Å². The number of benzene rings is 3. The summed E-state index contributed by atoms with van der Waals surface area (Å²) in [5.74, 6) is -0.0927. The summed E-state index contributed by atoms with van der Waals surface area (Å²) in [7, 11) is -3.64. The third-order valence-corrected chi connectivity index (χ3v) is 9.12. The topological polar surface area (TPSA) is 173 Å². The average molecular weight is 618 g/mol. The molecule has 0 bridgehead atoms. The lowest BCUT2D eigenvalue weighted by molar-refractivity contribution is 0.0730. The third-order valence-electron chi connectivity index (χ3n) is 7.21. The summed E-state index contributed by atoms with van der Waals surface area (Å²) in [6.45, 7) is 7.24. The summed E-state index contributed by atoms with van der Waals surface area (Å²) in [6, 6.07) is 18.7. The molecule has 1 aliphatic heterocycles. The Morgan fingerprint density at radius 3 is 2.30 bits per heavy atom. The highest BCUT2D eigenvalue weighted by Crippen LogP contribution is 2.30. The molecular weight excluding hydrogens is 582 g/mol. The molecule has 3 aromatic carbocycles. The number of rotatable bonds is 8. The van der Waals surface area contributed by atoms with E-state index in [2.05, 4.69) is 46.4 Å². The van der Waals surface area contributed by atoms with E-state index < -0.39 is 16.6 Å². The van der Waals surface area contributed by atoms with Crippen molar-refractivity contribution in [3.63, 3.8) is 0 Å². The van der Waals surface area contributed by atoms with Crippen LogP contribution in [0.15, 0.2) is 71.6 Å². The zero-order chi connectivity index (χ0) is 31.5. The van der Waals surface area contributed by atoms with Gasteiger partial charge in [-0.2, -0.15) is 19.3 Å². The number of nitrogen functional groups attached to an aromatic ring is 1. The van der Waals surface area contributed by atoms with E-state index in [1.807, 2.05) is 12.1 Å². The van der Waals surface area contributed by atoms with Gasteiger partial charge in [0.1, 0.15) is 0 Å². The van der Waals surface area contributed by atoms with E-state index in [9.17, 15) is 18.3 Å². The van der Waals surface area contributed by atoms with Gasteiger partial charge in [-0.3, -0.25) is 4.79 Å². The predicted octanol–water partition coefficient (Wildman–Crippen LogP) is 3.93. The van der Waals surface area contributed by atoms with Crippen molar-refractivity contribution in [1.82, 2.24) is 19.3 Å². The van der Waals surface area contributed by atoms with Crippen LogP contribution in [0, 0.1) is 0 Å². The SMILES string of the molecule is CC(C)(C)c1ccc(C(=O)Nc2cccc(-c3nc(N)nc(Nc4ccc(S(=O)(=O)N5CCOCC5)cc4)n3)c2CO)cc1. The van der Waals surface area contributed by atoms with Gasteiger partial charge in [0.25, 0.3) is 5.91 Å². The highest BCUT2D eigenvalue weighted by Gasteiger charge is 2.26. The van der Waals surface area contributed by atoms with Crippen molar-refractivity contribution in [2.75, 3.05) is 42.7 Å². The van der Waals surface area contributed by atoms with Crippen LogP contribution in [0.2, 0.25) is 0 Å². The number of ether oxygens (including phenoxy) is 1. The second-order valence-corrected chi connectivity index (χ2v) is 13.2. The van der Waals surface area contributed by atoms with Gasteiger partial charge >= 0.3 is 0 Å². The van der Waals surface area contributed by atoms with Crippen molar-refractivity contribution in [2.45, 2.75) is 37.7 Å². The lowest BCUT2D eigenvalue weighted by Crippen LogP contribution is -2.40. The van der Waals surface area contributed by atoms with Crippen LogP contribution >= 0.6 is 0 Å². The minimum Gasteiger partial charge on any atom is -0.392 e. The van der Waals surface area contributed by atoms with Gasteiger partial charge in [0.05, 0.1) is 24.7 Å². The zero-order valence-electron chi connectivity index (χ0n) is 24.7. The monoisotopic (exact) mass is 617 g/mol. The van der Waals surface area contributed by atoms with E-state index >= 15 is 0 Å². The minimum absolute atomic E-state index is 0.0410. The summed E-state index contributed by atoms with van der Waals surface area (Å²) >= 11 is 0. The number of carbonyl (C=O) groups is 1. The van der Waals surface area contributed by atoms with Crippen LogP contribution in [0.3, 0.4) is 0 Å². The van der Waals surface area contributed by atoms with E-state index in [0.717, 1.165) is 5.56 Å². The maximum atomic E-state index is 13.1. The maximum Gasteiger partial charge on any atom is 0.255 e. The number of hydrogen-bond donors (Lipinski definition) is 4. The molecule has 13 heteroatoms. The number of nitrogens with two attached hydrogens (primary N) is 1. The van der Waals surface area contributed by atoms with Crippen LogP contribution in [0.1, 0.15) is 42.3 Å². The smallest absolute Gasteiger partial charge is 0.255 e. The number of amides is 1. The Balaban J connectivity index is 1.36. The molecule has 1 saturated heterocycles. The van der Waals surface area contributed by atoms with Gasteiger partial charge < -0.3 is 26.2 Å². The van der Waals surface area contributed by atoms with E-state index in [0.29, 0.717) is 54.4 Å². The number of anilines is 4. The first-order valence-corrected chi connectivity index (χ1v) is 15.5. The average Bonchev–Trinajstić information content (AvgIpc) is 3.01. The molecule has 1 fully saturated rings. The lowest BCUT2D eigenvalue weighted by Gasteiger charge is -2.26. The van der Waals surface area contributed by atoms with Gasteiger partial charge in [-0.15, -0.1) is 0 Å². The van der Waals surface area contributed by atoms with Gasteiger partial charge in [0.15, 0.2) is 5.82 Å². The van der Waals surface area contributed by atoms with Gasteiger partial charge in [-0.05, 0) is 53.4 Å². The molecular formula is C31H35N7O5S. The number of sulfonamides is 1. The number of hydrogen-bond acceptors (Lipinski definition) is 10. The highest BCUT2D eigenvalue weighted by atomic mass is 32.2. The number of aliphatic hydroxyl groups excluding tert-OH is 1. The molecule has 0 unspecified atom stereocenters. The molecule has 4 aromatic rings. The molecule has 1 aromatic heterocycles. The first kappa shape index (κ1) is 31.0. The first-order chi connectivity index (χ1) is 21.0. The predicted molar refractivity (Wildman–Crippen MR) is 168 cm³/mol. The van der Waals surface area contributed by atoms with E-state index in [4.69, 9.17) is 10.5 Å². The third kappa shape index (κ3) is 6.86. The van der Waals surface area contributed by atoms with Crippen LogP contribution in [-0.4, -0.2) is 65.0 Å².